The Bertz CT molecular complexity index is 1520. The number of halogens is 1. The molecule has 0 saturated heterocycles. The third-order valence-electron chi connectivity index (χ3n) is 6.13. The van der Waals surface area contributed by atoms with Gasteiger partial charge in [-0.05, 0) is 31.5 Å². The maximum absolute atomic E-state index is 14.2. The molecule has 0 fully saturated rings. The molecule has 35 heavy (non-hydrogen) atoms. The lowest BCUT2D eigenvalue weighted by molar-refractivity contribution is 0.0973. The van der Waals surface area contributed by atoms with Gasteiger partial charge in [0, 0.05) is 29.3 Å². The van der Waals surface area contributed by atoms with E-state index in [9.17, 15) is 23.6 Å². The number of methoxy groups -OCH3 is 3. The molecular formula is C25H23FN2O7. The number of aromatic nitrogens is 2. The van der Waals surface area contributed by atoms with Crippen molar-refractivity contribution >= 4 is 11.6 Å². The van der Waals surface area contributed by atoms with Crippen molar-refractivity contribution in [1.29, 1.82) is 0 Å². The first-order chi connectivity index (χ1) is 16.7. The number of aryl methyl sites for hydroxylation is 1. The lowest BCUT2D eigenvalue weighted by Gasteiger charge is -2.25. The van der Waals surface area contributed by atoms with Crippen LogP contribution in [0.15, 0.2) is 34.0 Å². The Labute approximate surface area is 199 Å². The fraction of sp³-hybridized carbons (Fsp3) is 0.280. The SMILES string of the molecule is CCn1c(=O)c(F)cn(Cc2c(C)cc3c(c2OC)C(=O)c2c(OC)cc(OC)cc2C3=O)c1=O. The smallest absolute Gasteiger partial charge is 0.331 e. The Kier molecular flexibility index (Phi) is 6.06. The van der Waals surface area contributed by atoms with Crippen molar-refractivity contribution in [2.24, 2.45) is 0 Å². The van der Waals surface area contributed by atoms with Gasteiger partial charge in [0.05, 0.1) is 45.2 Å². The van der Waals surface area contributed by atoms with Crippen LogP contribution >= 0.6 is 0 Å². The van der Waals surface area contributed by atoms with Crippen LogP contribution in [0.25, 0.3) is 0 Å². The predicted molar refractivity (Wildman–Crippen MR) is 124 cm³/mol. The lowest BCUT2D eigenvalue weighted by Crippen LogP contribution is -2.41. The molecule has 0 spiro atoms. The van der Waals surface area contributed by atoms with Crippen molar-refractivity contribution in [2.45, 2.75) is 26.9 Å². The maximum atomic E-state index is 14.2. The molecule has 0 aliphatic heterocycles. The first-order valence-corrected chi connectivity index (χ1v) is 10.7. The quantitative estimate of drug-likeness (QED) is 0.415. The van der Waals surface area contributed by atoms with Crippen LogP contribution in [-0.2, 0) is 13.1 Å². The molecule has 1 aliphatic rings. The molecule has 3 aromatic rings. The molecule has 10 heteroatoms. The number of fused-ring (bicyclic) bond motifs is 2. The van der Waals surface area contributed by atoms with Crippen LogP contribution in [0.5, 0.6) is 17.2 Å². The number of nitrogens with zero attached hydrogens (tertiary/aromatic N) is 2. The summed E-state index contributed by atoms with van der Waals surface area (Å²) in [5.41, 5.74) is -0.419. The highest BCUT2D eigenvalue weighted by Gasteiger charge is 2.37. The van der Waals surface area contributed by atoms with Crippen LogP contribution in [0, 0.1) is 12.7 Å². The van der Waals surface area contributed by atoms with Crippen LogP contribution in [0.2, 0.25) is 0 Å². The summed E-state index contributed by atoms with van der Waals surface area (Å²) in [6.45, 7) is 3.05. The number of hydrogen-bond acceptors (Lipinski definition) is 7. The van der Waals surface area contributed by atoms with E-state index in [1.807, 2.05) is 0 Å². The predicted octanol–water partition coefficient (Wildman–Crippen LogP) is 2.33. The molecule has 1 aliphatic carbocycles. The third kappa shape index (κ3) is 3.61. The zero-order valence-electron chi connectivity index (χ0n) is 19.9. The van der Waals surface area contributed by atoms with E-state index in [1.165, 1.54) is 33.5 Å². The second-order valence-electron chi connectivity index (χ2n) is 7.98. The summed E-state index contributed by atoms with van der Waals surface area (Å²) in [4.78, 5) is 51.8. The van der Waals surface area contributed by atoms with Gasteiger partial charge in [-0.2, -0.15) is 4.39 Å². The molecule has 1 aromatic heterocycles. The molecule has 0 amide bonds. The van der Waals surface area contributed by atoms with E-state index >= 15 is 0 Å². The third-order valence-corrected chi connectivity index (χ3v) is 6.13. The van der Waals surface area contributed by atoms with Crippen molar-refractivity contribution in [3.05, 3.63) is 84.4 Å². The van der Waals surface area contributed by atoms with E-state index in [4.69, 9.17) is 14.2 Å². The van der Waals surface area contributed by atoms with Crippen LogP contribution in [0.4, 0.5) is 4.39 Å². The Balaban J connectivity index is 1.96. The molecule has 182 valence electrons. The minimum Gasteiger partial charge on any atom is -0.497 e. The summed E-state index contributed by atoms with van der Waals surface area (Å²) in [6, 6.07) is 4.53. The zero-order valence-corrected chi connectivity index (χ0v) is 19.9. The van der Waals surface area contributed by atoms with Gasteiger partial charge < -0.3 is 14.2 Å². The highest BCUT2D eigenvalue weighted by molar-refractivity contribution is 6.30. The van der Waals surface area contributed by atoms with Gasteiger partial charge in [-0.3, -0.25) is 23.5 Å². The van der Waals surface area contributed by atoms with E-state index in [-0.39, 0.29) is 46.8 Å². The Morgan fingerprint density at radius 3 is 2.17 bits per heavy atom. The summed E-state index contributed by atoms with van der Waals surface area (Å²) in [5.74, 6) is -1.38. The lowest BCUT2D eigenvalue weighted by atomic mass is 9.80. The van der Waals surface area contributed by atoms with Crippen molar-refractivity contribution in [1.82, 2.24) is 9.13 Å². The molecule has 0 bridgehead atoms. The summed E-state index contributed by atoms with van der Waals surface area (Å²) in [7, 11) is 4.16. The first-order valence-electron chi connectivity index (χ1n) is 10.7. The van der Waals surface area contributed by atoms with Gasteiger partial charge in [0.2, 0.25) is 11.6 Å². The molecule has 9 nitrogen and oxygen atoms in total. The van der Waals surface area contributed by atoms with E-state index in [0.29, 0.717) is 16.9 Å². The van der Waals surface area contributed by atoms with E-state index in [2.05, 4.69) is 0 Å². The van der Waals surface area contributed by atoms with E-state index in [1.54, 1.807) is 19.9 Å². The van der Waals surface area contributed by atoms with E-state index < -0.39 is 28.6 Å². The Hall–Kier alpha value is -4.21. The minimum absolute atomic E-state index is 0.0112. The summed E-state index contributed by atoms with van der Waals surface area (Å²) < 4.78 is 32.2. The fourth-order valence-corrected chi connectivity index (χ4v) is 4.39. The number of ketones is 2. The molecule has 0 saturated carbocycles. The molecule has 0 radical (unpaired) electrons. The molecular weight excluding hydrogens is 459 g/mol. The summed E-state index contributed by atoms with van der Waals surface area (Å²) >= 11 is 0. The molecule has 0 unspecified atom stereocenters. The van der Waals surface area contributed by atoms with Crippen LogP contribution in [-0.4, -0.2) is 42.0 Å². The molecule has 2 aromatic carbocycles. The van der Waals surface area contributed by atoms with E-state index in [0.717, 1.165) is 15.3 Å². The van der Waals surface area contributed by atoms with Crippen molar-refractivity contribution in [3.8, 4) is 17.2 Å². The Morgan fingerprint density at radius 2 is 1.57 bits per heavy atom. The molecule has 4 rings (SSSR count). The monoisotopic (exact) mass is 482 g/mol. The molecule has 0 N–H and O–H groups in total. The number of carbonyl (C=O) groups excluding carboxylic acids is 2. The number of benzene rings is 2. The van der Waals surface area contributed by atoms with Crippen molar-refractivity contribution in [3.63, 3.8) is 0 Å². The normalized spacial score (nSPS) is 12.3. The van der Waals surface area contributed by atoms with Gasteiger partial charge in [-0.1, -0.05) is 0 Å². The van der Waals surface area contributed by atoms with Gasteiger partial charge >= 0.3 is 5.69 Å². The van der Waals surface area contributed by atoms with Crippen molar-refractivity contribution < 1.29 is 28.2 Å². The number of ether oxygens (including phenoxy) is 3. The molecule has 1 heterocycles. The van der Waals surface area contributed by atoms with Crippen LogP contribution < -0.4 is 25.5 Å². The van der Waals surface area contributed by atoms with Gasteiger partial charge in [0.1, 0.15) is 17.2 Å². The van der Waals surface area contributed by atoms with Crippen LogP contribution in [0.1, 0.15) is 49.9 Å². The largest absolute Gasteiger partial charge is 0.497 e. The van der Waals surface area contributed by atoms with Crippen molar-refractivity contribution in [2.75, 3.05) is 21.3 Å². The maximum Gasteiger partial charge on any atom is 0.331 e. The van der Waals surface area contributed by atoms with Gasteiger partial charge in [0.15, 0.2) is 5.78 Å². The summed E-state index contributed by atoms with van der Waals surface area (Å²) in [5, 5.41) is 0. The highest BCUT2D eigenvalue weighted by Crippen LogP contribution is 2.41. The second kappa shape index (κ2) is 8.86. The average molecular weight is 482 g/mol. The first kappa shape index (κ1) is 23.9. The minimum atomic E-state index is -1.08. The average Bonchev–Trinajstić information content (AvgIpc) is 2.85. The number of carbonyl (C=O) groups is 2. The van der Waals surface area contributed by atoms with Gasteiger partial charge in [0.25, 0.3) is 5.56 Å². The Morgan fingerprint density at radius 1 is 0.886 bits per heavy atom. The molecule has 0 atom stereocenters. The number of rotatable bonds is 6. The topological polar surface area (TPSA) is 106 Å². The standard InChI is InChI=1S/C25H23FN2O7/c1-6-28-24(31)17(26)11-27(25(28)32)10-16-12(2)7-14-20(23(16)35-5)22(30)19-15(21(14)29)8-13(33-3)9-18(19)34-4/h7-9,11H,6,10H2,1-5H3. The van der Waals surface area contributed by atoms with Gasteiger partial charge in [-0.15, -0.1) is 0 Å². The van der Waals surface area contributed by atoms with Gasteiger partial charge in [-0.25, -0.2) is 4.79 Å². The van der Waals surface area contributed by atoms with Crippen LogP contribution in [0.3, 0.4) is 0 Å². The second-order valence-corrected chi connectivity index (χ2v) is 7.98. The highest BCUT2D eigenvalue weighted by atomic mass is 19.1. The summed E-state index contributed by atoms with van der Waals surface area (Å²) in [6.07, 6.45) is 0.826. The number of hydrogen-bond donors (Lipinski definition) is 0. The fourth-order valence-electron chi connectivity index (χ4n) is 4.39. The zero-order chi connectivity index (χ0) is 25.6.